The second-order valence-corrected chi connectivity index (χ2v) is 8.92. The minimum atomic E-state index is -3.86. The number of carbonyl (C=O) groups excluding carboxylic acids is 1. The van der Waals surface area contributed by atoms with Crippen LogP contribution in [-0.4, -0.2) is 51.0 Å². The van der Waals surface area contributed by atoms with Gasteiger partial charge in [0.15, 0.2) is 12.5 Å². The van der Waals surface area contributed by atoms with Crippen LogP contribution in [0.15, 0.2) is 11.0 Å². The van der Waals surface area contributed by atoms with Gasteiger partial charge >= 0.3 is 11.8 Å². The van der Waals surface area contributed by atoms with Crippen LogP contribution in [0.4, 0.5) is 5.82 Å². The summed E-state index contributed by atoms with van der Waals surface area (Å²) in [5.74, 6) is -0.278. The average molecular weight is 388 g/mol. The number of aliphatic hydroxyl groups excluding tert-OH is 2. The number of aromatic nitrogens is 2. The molecule has 10 nitrogen and oxygen atoms in total. The maximum atomic E-state index is 11.8. The fourth-order valence-electron chi connectivity index (χ4n) is 2.03. The van der Waals surface area contributed by atoms with Crippen molar-refractivity contribution in [2.75, 3.05) is 12.3 Å². The molecule has 0 spiro atoms. The molecule has 1 aliphatic heterocycles. The van der Waals surface area contributed by atoms with E-state index >= 15 is 0 Å². The monoisotopic (exact) mass is 387 g/mol. The maximum absolute atomic E-state index is 11.8. The molecule has 0 amide bonds. The van der Waals surface area contributed by atoms with Crippen molar-refractivity contribution in [2.45, 2.75) is 24.5 Å². The van der Waals surface area contributed by atoms with E-state index in [1.165, 1.54) is 0 Å². The van der Waals surface area contributed by atoms with Crippen molar-refractivity contribution in [3.05, 3.63) is 22.2 Å². The first-order valence-corrected chi connectivity index (χ1v) is 9.57. The summed E-state index contributed by atoms with van der Waals surface area (Å²) < 4.78 is 21.8. The zero-order valence-electron chi connectivity index (χ0n) is 11.3. The molecule has 23 heavy (non-hydrogen) atoms. The van der Waals surface area contributed by atoms with Crippen LogP contribution in [-0.2, 0) is 13.8 Å². The van der Waals surface area contributed by atoms with Gasteiger partial charge in [-0.1, -0.05) is 0 Å². The smallest absolute Gasteiger partial charge is 0.380 e. The van der Waals surface area contributed by atoms with Gasteiger partial charge in [0.2, 0.25) is 0 Å². The van der Waals surface area contributed by atoms with Crippen molar-refractivity contribution in [3.8, 4) is 0 Å². The number of halogens is 2. The van der Waals surface area contributed by atoms with Crippen LogP contribution in [0.3, 0.4) is 0 Å². The summed E-state index contributed by atoms with van der Waals surface area (Å²) in [5, 5.41) is 19.9. The summed E-state index contributed by atoms with van der Waals surface area (Å²) in [6.45, 7) is -0.489. The van der Waals surface area contributed by atoms with E-state index < -0.39 is 42.9 Å². The van der Waals surface area contributed by atoms with Crippen LogP contribution in [0.1, 0.15) is 16.6 Å². The Kier molecular flexibility index (Phi) is 5.47. The van der Waals surface area contributed by atoms with E-state index in [1.54, 1.807) is 0 Å². The van der Waals surface area contributed by atoms with Gasteiger partial charge in [-0.05, 0) is 22.5 Å². The fourth-order valence-corrected chi connectivity index (χ4v) is 2.69. The van der Waals surface area contributed by atoms with Crippen LogP contribution in [0.5, 0.6) is 0 Å². The van der Waals surface area contributed by atoms with Gasteiger partial charge in [0, 0.05) is 6.20 Å². The van der Waals surface area contributed by atoms with E-state index in [0.717, 1.165) is 10.8 Å². The van der Waals surface area contributed by atoms with E-state index in [4.69, 9.17) is 33.0 Å². The number of nitrogens with zero attached hydrogens (tertiary/aromatic N) is 2. The Morgan fingerprint density at radius 1 is 1.48 bits per heavy atom. The van der Waals surface area contributed by atoms with Crippen LogP contribution < -0.4 is 11.4 Å². The molecule has 1 unspecified atom stereocenters. The lowest BCUT2D eigenvalue weighted by atomic mass is 10.1. The highest BCUT2D eigenvalue weighted by atomic mass is 35.9. The van der Waals surface area contributed by atoms with E-state index in [2.05, 4.69) is 9.51 Å². The molecule has 1 fully saturated rings. The minimum absolute atomic E-state index is 0.0967. The molecule has 0 aliphatic carbocycles. The Bertz CT molecular complexity index is 708. The lowest BCUT2D eigenvalue weighted by molar-refractivity contribution is -0.0506. The minimum Gasteiger partial charge on any atom is -0.387 e. The van der Waals surface area contributed by atoms with Crippen molar-refractivity contribution < 1.29 is 28.8 Å². The molecular formula is C10H12Cl2N3O7P. The van der Waals surface area contributed by atoms with Gasteiger partial charge in [-0.3, -0.25) is 13.9 Å². The highest BCUT2D eigenvalue weighted by Gasteiger charge is 2.45. The molecule has 1 saturated heterocycles. The van der Waals surface area contributed by atoms with Crippen molar-refractivity contribution in [1.82, 2.24) is 9.55 Å². The molecule has 1 aliphatic rings. The van der Waals surface area contributed by atoms with Gasteiger partial charge < -0.3 is 25.2 Å². The zero-order valence-corrected chi connectivity index (χ0v) is 13.7. The second-order valence-electron chi connectivity index (χ2n) is 4.65. The van der Waals surface area contributed by atoms with Gasteiger partial charge in [0.25, 0.3) is 0 Å². The number of nitrogen functional groups attached to an aromatic ring is 1. The first kappa shape index (κ1) is 18.3. The van der Waals surface area contributed by atoms with Crippen molar-refractivity contribution in [2.24, 2.45) is 0 Å². The SMILES string of the molecule is Nc1nc(=O)n([C@@H]2O[C@H](COP(=O)(Cl)Cl)C(O)[C@@H]2O)cc1C=O. The largest absolute Gasteiger partial charge is 0.387 e. The molecule has 1 aromatic heterocycles. The Morgan fingerprint density at radius 3 is 2.70 bits per heavy atom. The zero-order chi connectivity index (χ0) is 17.4. The number of carbonyl (C=O) groups is 1. The standard InChI is InChI=1S/C10H12Cl2N3O7P/c11-23(12,20)21-3-5-6(17)7(18)9(22-5)15-1-4(2-16)8(13)14-10(15)19/h1-2,5-7,9,17-18H,3H2,(H2,13,14,19)/t5-,6?,7+,9-/m1/s1. The number of nitrogens with two attached hydrogens (primary N) is 1. The quantitative estimate of drug-likeness (QED) is 0.462. The molecule has 0 saturated carbocycles. The maximum Gasteiger partial charge on any atom is 0.380 e. The number of ether oxygens (including phenoxy) is 1. The molecule has 2 heterocycles. The summed E-state index contributed by atoms with van der Waals surface area (Å²) in [6.07, 6.45) is -8.00. The summed E-state index contributed by atoms with van der Waals surface area (Å²) in [7, 11) is 0. The normalized spacial score (nSPS) is 28.0. The molecule has 128 valence electrons. The third-order valence-electron chi connectivity index (χ3n) is 3.14. The van der Waals surface area contributed by atoms with Crippen LogP contribution in [0, 0.1) is 0 Å². The lowest BCUT2D eigenvalue weighted by Gasteiger charge is -2.17. The van der Waals surface area contributed by atoms with E-state index in [-0.39, 0.29) is 11.4 Å². The summed E-state index contributed by atoms with van der Waals surface area (Å²) in [4.78, 5) is 26.1. The van der Waals surface area contributed by atoms with E-state index in [0.29, 0.717) is 6.29 Å². The highest BCUT2D eigenvalue weighted by Crippen LogP contribution is 2.57. The van der Waals surface area contributed by atoms with Gasteiger partial charge in [-0.2, -0.15) is 4.98 Å². The third-order valence-corrected chi connectivity index (χ3v) is 4.17. The van der Waals surface area contributed by atoms with Gasteiger partial charge in [0.05, 0.1) is 12.2 Å². The van der Waals surface area contributed by atoms with Crippen molar-refractivity contribution >= 4 is 40.7 Å². The Labute approximate surface area is 138 Å². The Balaban J connectivity index is 2.26. The predicted octanol–water partition coefficient (Wildman–Crippen LogP) is -0.140. The third kappa shape index (κ3) is 4.10. The van der Waals surface area contributed by atoms with E-state index in [1.807, 2.05) is 0 Å². The number of rotatable bonds is 5. The predicted molar refractivity (Wildman–Crippen MR) is 79.5 cm³/mol. The Hall–Kier alpha value is -1.00. The molecule has 0 radical (unpaired) electrons. The van der Waals surface area contributed by atoms with Crippen LogP contribution in [0.2, 0.25) is 0 Å². The summed E-state index contributed by atoms with van der Waals surface area (Å²) >= 11 is 10.4. The van der Waals surface area contributed by atoms with Gasteiger partial charge in [-0.15, -0.1) is 0 Å². The molecule has 13 heteroatoms. The first-order valence-electron chi connectivity index (χ1n) is 6.13. The molecule has 4 N–H and O–H groups in total. The average Bonchev–Trinajstić information content (AvgIpc) is 2.73. The molecule has 0 bridgehead atoms. The Morgan fingerprint density at radius 2 is 2.13 bits per heavy atom. The van der Waals surface area contributed by atoms with Crippen LogP contribution in [0.25, 0.3) is 0 Å². The van der Waals surface area contributed by atoms with Gasteiger partial charge in [-0.25, -0.2) is 4.79 Å². The van der Waals surface area contributed by atoms with Crippen LogP contribution >= 0.6 is 28.6 Å². The topological polar surface area (TPSA) is 154 Å². The fraction of sp³-hybridized carbons (Fsp3) is 0.500. The number of hydrogen-bond donors (Lipinski definition) is 3. The number of hydrogen-bond acceptors (Lipinski definition) is 9. The van der Waals surface area contributed by atoms with E-state index in [9.17, 15) is 24.4 Å². The summed E-state index contributed by atoms with van der Waals surface area (Å²) in [5.41, 5.74) is 4.40. The lowest BCUT2D eigenvalue weighted by Crippen LogP contribution is -2.36. The first-order chi connectivity index (χ1) is 10.6. The van der Waals surface area contributed by atoms with Crippen molar-refractivity contribution in [3.63, 3.8) is 0 Å². The number of aldehydes is 1. The van der Waals surface area contributed by atoms with Gasteiger partial charge in [0.1, 0.15) is 24.1 Å². The number of aliphatic hydroxyl groups is 2. The second kappa shape index (κ2) is 6.86. The molecule has 4 atom stereocenters. The van der Waals surface area contributed by atoms with Crippen molar-refractivity contribution in [1.29, 1.82) is 0 Å². The molecule has 1 aromatic rings. The molecule has 0 aromatic carbocycles. The molecular weight excluding hydrogens is 376 g/mol. The summed E-state index contributed by atoms with van der Waals surface area (Å²) in [6, 6.07) is 0. The molecule has 2 rings (SSSR count). The number of anilines is 1. The highest BCUT2D eigenvalue weighted by molar-refractivity contribution is 8.05.